The molecule has 0 spiro atoms. The number of nitrogens with zero attached hydrogens (tertiary/aromatic N) is 10. The Hall–Kier alpha value is -16.3. The first kappa shape index (κ1) is 67.6. The van der Waals surface area contributed by atoms with E-state index in [9.17, 15) is 0 Å². The van der Waals surface area contributed by atoms with Crippen LogP contribution in [0, 0.1) is 0 Å². The number of para-hydroxylation sites is 7. The number of hydrogen-bond acceptors (Lipinski definition) is 10. The van der Waals surface area contributed by atoms with E-state index < -0.39 is 0 Å². The average molecular weight is 1620 g/mol. The fourth-order valence-corrected chi connectivity index (χ4v) is 22.8. The van der Waals surface area contributed by atoms with Crippen molar-refractivity contribution in [3.63, 3.8) is 0 Å². The molecule has 0 aliphatic rings. The summed E-state index contributed by atoms with van der Waals surface area (Å²) in [7, 11) is 0. The van der Waals surface area contributed by atoms with Gasteiger partial charge in [-0.1, -0.05) is 231 Å². The van der Waals surface area contributed by atoms with Gasteiger partial charge in [0.05, 0.1) is 55.5 Å². The third kappa shape index (κ3) is 9.65. The van der Waals surface area contributed by atoms with Gasteiger partial charge in [0.25, 0.3) is 0 Å². The van der Waals surface area contributed by atoms with Crippen LogP contribution in [0.4, 0.5) is 0 Å². The summed E-state index contributed by atoms with van der Waals surface area (Å²) >= 11 is 3.55. The zero-order valence-electron chi connectivity index (χ0n) is 65.7. The molecule has 0 saturated carbocycles. The summed E-state index contributed by atoms with van der Waals surface area (Å²) < 4.78 is 27.5. The van der Waals surface area contributed by atoms with Gasteiger partial charge in [0, 0.05) is 127 Å². The fraction of sp³-hybridized carbons (Fsp3) is 0. The van der Waals surface area contributed by atoms with E-state index in [1.807, 2.05) is 24.3 Å². The van der Waals surface area contributed by atoms with E-state index in [4.69, 9.17) is 38.7 Å². The van der Waals surface area contributed by atoms with E-state index in [1.165, 1.54) is 31.6 Å². The number of aromatic nitrogens is 10. The Morgan fingerprint density at radius 3 is 1.24 bits per heavy atom. The molecule has 0 amide bonds. The minimum atomic E-state index is 0.519. The highest BCUT2D eigenvalue weighted by Gasteiger charge is 2.30. The normalized spacial score (nSPS) is 12.4. The lowest BCUT2D eigenvalue weighted by Gasteiger charge is -2.15. The number of furan rings is 2. The highest BCUT2D eigenvalue weighted by atomic mass is 32.1. The van der Waals surface area contributed by atoms with E-state index in [0.717, 1.165) is 206 Å². The minimum Gasteiger partial charge on any atom is -0.456 e. The summed E-state index contributed by atoms with van der Waals surface area (Å²) in [6, 6.07) is 131. The SMILES string of the molecule is c1ccc2cc3c(cc2c1)c1ccccc1n3-c1ccc(-c2nc(-c3ccc4oc5cc(-c6c7ccccc7cc7c6c6ccccc6n7-c6ccc(-c7nc(-c8cccc9oc%10ccccc%10c89)nc(-n8c9ccccc9c9ccccc98)n7)c7sc8ccccc8c67)ccc5c4c3)nc(-n3c4ccccc4c4ccccc43)n2)c2sc3ccccc3c12. The molecular weight excluding hydrogens is 1560 g/mol. The molecule has 0 fully saturated rings. The second kappa shape index (κ2) is 25.6. The lowest BCUT2D eigenvalue weighted by Crippen LogP contribution is -2.06. The first-order chi connectivity index (χ1) is 61.5. The maximum atomic E-state index is 7.13. The van der Waals surface area contributed by atoms with Gasteiger partial charge < -0.3 is 18.0 Å². The van der Waals surface area contributed by atoms with Crippen LogP contribution in [-0.4, -0.2) is 48.2 Å². The lowest BCUT2D eigenvalue weighted by molar-refractivity contribution is 0.668. The van der Waals surface area contributed by atoms with Crippen molar-refractivity contribution in [3.8, 4) is 79.9 Å². The molecule has 12 nitrogen and oxygen atoms in total. The summed E-state index contributed by atoms with van der Waals surface area (Å²) in [6.07, 6.45) is 0. The van der Waals surface area contributed by atoms with Crippen molar-refractivity contribution in [2.45, 2.75) is 0 Å². The molecule has 28 aromatic rings. The van der Waals surface area contributed by atoms with Crippen molar-refractivity contribution < 1.29 is 8.83 Å². The smallest absolute Gasteiger partial charge is 0.238 e. The van der Waals surface area contributed by atoms with Gasteiger partial charge in [-0.2, -0.15) is 19.9 Å². The standard InChI is InChI=1S/C110H60N10O2S2/c1-2-25-62-58-90-80(56-61(62)24-1)71-32-9-14-38-82(71)117(90)88-53-51-78(103-101(88)75-35-12-21-46-96(75)123-103)107-111-105(113-109(115-107)119-83-39-15-5-28-67(83)68-29-6-16-40-84(68)119)65-49-55-93-81(57-65)72-50-48-64(60-95(72)122-93)98-66-27-4-3-26-63(66)59-91-100(98)73-33-10-19-43-87(73)118(91)89-54-52-79(104-102(89)76-36-13-22-47-97(76)124-104)108-112-106(77-37-23-45-94-99(77)74-34-11-20-44-92(74)121-94)114-110(116-108)120-85-41-17-7-30-69(85)70-31-8-18-42-86(70)120/h1-60H. The minimum absolute atomic E-state index is 0.519. The van der Waals surface area contributed by atoms with Crippen molar-refractivity contribution >= 4 is 216 Å². The van der Waals surface area contributed by atoms with E-state index in [1.54, 1.807) is 22.7 Å². The van der Waals surface area contributed by atoms with Gasteiger partial charge in [-0.3, -0.25) is 9.13 Å². The van der Waals surface area contributed by atoms with Crippen LogP contribution < -0.4 is 0 Å². The molecule has 0 radical (unpaired) electrons. The Labute approximate surface area is 711 Å². The molecule has 124 heavy (non-hydrogen) atoms. The molecular formula is C110H60N10O2S2. The highest BCUT2D eigenvalue weighted by Crippen LogP contribution is 2.52. The molecule has 18 aromatic carbocycles. The highest BCUT2D eigenvalue weighted by molar-refractivity contribution is 7.27. The second-order valence-electron chi connectivity index (χ2n) is 32.3. The first-order valence-corrected chi connectivity index (χ1v) is 43.3. The van der Waals surface area contributed by atoms with Gasteiger partial charge in [0.1, 0.15) is 22.3 Å². The lowest BCUT2D eigenvalue weighted by atomic mass is 9.92. The Morgan fingerprint density at radius 1 is 0.210 bits per heavy atom. The van der Waals surface area contributed by atoms with Crippen molar-refractivity contribution in [1.29, 1.82) is 0 Å². The number of hydrogen-bond donors (Lipinski definition) is 0. The Morgan fingerprint density at radius 2 is 0.637 bits per heavy atom. The number of rotatable bonds is 9. The molecule has 10 aromatic heterocycles. The van der Waals surface area contributed by atoms with Crippen LogP contribution in [0.1, 0.15) is 0 Å². The number of fused-ring (bicyclic) bond motifs is 26. The molecule has 0 atom stereocenters. The van der Waals surface area contributed by atoms with E-state index in [-0.39, 0.29) is 0 Å². The van der Waals surface area contributed by atoms with Crippen molar-refractivity contribution in [3.05, 3.63) is 364 Å². The Bertz CT molecular complexity index is 9480. The second-order valence-corrected chi connectivity index (χ2v) is 34.4. The predicted molar refractivity (Wildman–Crippen MR) is 513 cm³/mol. The molecule has 28 rings (SSSR count). The molecule has 574 valence electrons. The van der Waals surface area contributed by atoms with Gasteiger partial charge in [-0.25, -0.2) is 9.97 Å². The average Bonchev–Trinajstić information content (AvgIpc) is 1.55. The largest absolute Gasteiger partial charge is 0.456 e. The third-order valence-electron chi connectivity index (χ3n) is 25.7. The number of thiophene rings is 2. The van der Waals surface area contributed by atoms with Crippen molar-refractivity contribution in [2.75, 3.05) is 0 Å². The molecule has 0 aliphatic heterocycles. The van der Waals surface area contributed by atoms with Gasteiger partial charge in [0.15, 0.2) is 23.3 Å². The van der Waals surface area contributed by atoms with Crippen LogP contribution in [0.3, 0.4) is 0 Å². The molecule has 10 heterocycles. The van der Waals surface area contributed by atoms with Crippen LogP contribution in [0.25, 0.3) is 273 Å². The molecule has 0 N–H and O–H groups in total. The zero-order valence-corrected chi connectivity index (χ0v) is 67.4. The Kier molecular flexibility index (Phi) is 14.0. The number of benzene rings is 18. The third-order valence-corrected chi connectivity index (χ3v) is 28.1. The van der Waals surface area contributed by atoms with Crippen molar-refractivity contribution in [2.24, 2.45) is 0 Å². The van der Waals surface area contributed by atoms with Gasteiger partial charge in [0.2, 0.25) is 11.9 Å². The van der Waals surface area contributed by atoms with Gasteiger partial charge >= 0.3 is 0 Å². The maximum Gasteiger partial charge on any atom is 0.238 e. The van der Waals surface area contributed by atoms with Crippen LogP contribution in [0.2, 0.25) is 0 Å². The predicted octanol–water partition coefficient (Wildman–Crippen LogP) is 29.6. The molecule has 0 saturated heterocycles. The zero-order chi connectivity index (χ0) is 80.7. The Balaban J connectivity index is 0.620. The van der Waals surface area contributed by atoms with Crippen molar-refractivity contribution in [1.82, 2.24) is 48.2 Å². The summed E-state index contributed by atoms with van der Waals surface area (Å²) in [5, 5.41) is 22.2. The molecule has 0 aliphatic carbocycles. The van der Waals surface area contributed by atoms with E-state index in [0.29, 0.717) is 35.2 Å². The van der Waals surface area contributed by atoms with Crippen LogP contribution in [0.15, 0.2) is 373 Å². The first-order valence-electron chi connectivity index (χ1n) is 41.6. The van der Waals surface area contributed by atoms with Gasteiger partial charge in [-0.05, 0) is 166 Å². The molecule has 14 heteroatoms. The summed E-state index contributed by atoms with van der Waals surface area (Å²) in [4.78, 5) is 33.6. The maximum absolute atomic E-state index is 7.13. The topological polar surface area (TPSA) is 123 Å². The molecule has 0 bridgehead atoms. The van der Waals surface area contributed by atoms with E-state index in [2.05, 4.69) is 358 Å². The van der Waals surface area contributed by atoms with Crippen LogP contribution >= 0.6 is 22.7 Å². The van der Waals surface area contributed by atoms with Crippen LogP contribution in [-0.2, 0) is 0 Å². The monoisotopic (exact) mass is 1620 g/mol. The molecule has 0 unspecified atom stereocenters. The van der Waals surface area contributed by atoms with E-state index >= 15 is 0 Å². The summed E-state index contributed by atoms with van der Waals surface area (Å²) in [6.45, 7) is 0. The fourth-order valence-electron chi connectivity index (χ4n) is 20.3. The summed E-state index contributed by atoms with van der Waals surface area (Å²) in [5.41, 5.74) is 19.3. The quantitative estimate of drug-likeness (QED) is 0.140. The summed E-state index contributed by atoms with van der Waals surface area (Å²) in [5.74, 6) is 3.25. The van der Waals surface area contributed by atoms with Gasteiger partial charge in [-0.15, -0.1) is 22.7 Å². The van der Waals surface area contributed by atoms with Crippen LogP contribution in [0.5, 0.6) is 0 Å².